The number of amides is 1. The van der Waals surface area contributed by atoms with E-state index in [-0.39, 0.29) is 12.5 Å². The van der Waals surface area contributed by atoms with Crippen LogP contribution in [0.4, 0.5) is 5.95 Å². The molecule has 0 bridgehead atoms. The summed E-state index contributed by atoms with van der Waals surface area (Å²) in [5, 5.41) is 15.9. The Morgan fingerprint density at radius 3 is 2.74 bits per heavy atom. The Hall–Kier alpha value is -2.61. The van der Waals surface area contributed by atoms with Gasteiger partial charge in [-0.3, -0.25) is 4.79 Å². The maximum absolute atomic E-state index is 12.2. The Labute approximate surface area is 202 Å². The fraction of sp³-hybridized carbons (Fsp3) is 0.654. The minimum atomic E-state index is -0.112. The zero-order chi connectivity index (χ0) is 23.8. The fourth-order valence-corrected chi connectivity index (χ4v) is 4.74. The molecule has 0 unspecified atom stereocenters. The highest BCUT2D eigenvalue weighted by Crippen LogP contribution is 2.30. The molecule has 4 rings (SSSR count). The molecule has 2 aromatic rings. The molecule has 1 saturated heterocycles. The lowest BCUT2D eigenvalue weighted by atomic mass is 9.83. The molecule has 1 aromatic heterocycles. The van der Waals surface area contributed by atoms with Gasteiger partial charge in [0.1, 0.15) is 5.75 Å². The molecule has 1 saturated carbocycles. The summed E-state index contributed by atoms with van der Waals surface area (Å²) in [6, 6.07) is 5.59. The topological polar surface area (TPSA) is 101 Å². The van der Waals surface area contributed by atoms with Crippen LogP contribution in [0.3, 0.4) is 0 Å². The van der Waals surface area contributed by atoms with Gasteiger partial charge in [0, 0.05) is 38.2 Å². The van der Waals surface area contributed by atoms with Crippen LogP contribution in [0, 0.1) is 18.8 Å². The number of hydrogen-bond donors (Lipinski definition) is 2. The zero-order valence-corrected chi connectivity index (χ0v) is 20.3. The number of nitrogens with zero attached hydrogens (tertiary/aromatic N) is 3. The van der Waals surface area contributed by atoms with Gasteiger partial charge in [-0.15, -0.1) is 0 Å². The zero-order valence-electron chi connectivity index (χ0n) is 20.3. The lowest BCUT2D eigenvalue weighted by Crippen LogP contribution is -2.34. The van der Waals surface area contributed by atoms with E-state index in [9.17, 15) is 4.79 Å². The Kier molecular flexibility index (Phi) is 8.79. The highest BCUT2D eigenvalue weighted by Gasteiger charge is 2.25. The normalized spacial score (nSPS) is 16.9. The van der Waals surface area contributed by atoms with E-state index in [1.54, 1.807) is 0 Å². The largest absolute Gasteiger partial charge is 0.494 e. The molecule has 1 amide bonds. The summed E-state index contributed by atoms with van der Waals surface area (Å²) in [5.74, 6) is 3.69. The number of anilines is 1. The number of carbonyl (C=O) groups excluding carboxylic acids is 1. The van der Waals surface area contributed by atoms with Gasteiger partial charge >= 0.3 is 0 Å². The molecule has 0 radical (unpaired) electrons. The summed E-state index contributed by atoms with van der Waals surface area (Å²) >= 11 is 0. The van der Waals surface area contributed by atoms with Gasteiger partial charge in [0.05, 0.1) is 6.61 Å². The van der Waals surface area contributed by atoms with Crippen molar-refractivity contribution in [2.75, 3.05) is 37.7 Å². The van der Waals surface area contributed by atoms with Crippen molar-refractivity contribution in [2.24, 2.45) is 11.8 Å². The highest BCUT2D eigenvalue weighted by atomic mass is 16.5. The van der Waals surface area contributed by atoms with E-state index in [0.29, 0.717) is 31.1 Å². The number of aliphatic hydroxyl groups excluding tert-OH is 1. The second kappa shape index (κ2) is 12.2. The molecule has 2 fully saturated rings. The van der Waals surface area contributed by atoms with E-state index in [2.05, 4.69) is 20.4 Å². The molecule has 0 atom stereocenters. The van der Waals surface area contributed by atoms with E-state index in [4.69, 9.17) is 14.4 Å². The summed E-state index contributed by atoms with van der Waals surface area (Å²) < 4.78 is 11.4. The quantitative estimate of drug-likeness (QED) is 0.454. The lowest BCUT2D eigenvalue weighted by molar-refractivity contribution is 0.0950. The van der Waals surface area contributed by atoms with Crippen molar-refractivity contribution in [3.63, 3.8) is 0 Å². The van der Waals surface area contributed by atoms with Crippen molar-refractivity contribution < 1.29 is 19.2 Å². The minimum absolute atomic E-state index is 0.0745. The molecular weight excluding hydrogens is 432 g/mol. The summed E-state index contributed by atoms with van der Waals surface area (Å²) in [4.78, 5) is 19.1. The molecule has 186 valence electrons. The Morgan fingerprint density at radius 1 is 1.21 bits per heavy atom. The number of benzene rings is 1. The number of nitrogens with one attached hydrogen (secondary N) is 1. The number of carbonyl (C=O) groups is 1. The number of aromatic nitrogens is 2. The third-order valence-electron chi connectivity index (χ3n) is 7.13. The first-order valence-corrected chi connectivity index (χ1v) is 12.8. The molecule has 2 N–H and O–H groups in total. The average Bonchev–Trinajstić information content (AvgIpc) is 3.28. The summed E-state index contributed by atoms with van der Waals surface area (Å²) in [6.45, 7) is 5.11. The lowest BCUT2D eigenvalue weighted by Gasteiger charge is -2.30. The Morgan fingerprint density at radius 2 is 2.03 bits per heavy atom. The number of aryl methyl sites for hydroxylation is 1. The predicted octanol–water partition coefficient (Wildman–Crippen LogP) is 3.91. The van der Waals surface area contributed by atoms with Crippen LogP contribution in [0.25, 0.3) is 0 Å². The molecule has 8 heteroatoms. The van der Waals surface area contributed by atoms with Crippen LogP contribution < -0.4 is 15.0 Å². The minimum Gasteiger partial charge on any atom is -0.494 e. The van der Waals surface area contributed by atoms with Crippen LogP contribution in [0.15, 0.2) is 22.7 Å². The van der Waals surface area contributed by atoms with Gasteiger partial charge in [-0.25, -0.2) is 0 Å². The van der Waals surface area contributed by atoms with Crippen LogP contribution in [0.5, 0.6) is 5.75 Å². The van der Waals surface area contributed by atoms with Gasteiger partial charge in [-0.1, -0.05) is 6.42 Å². The first kappa shape index (κ1) is 24.5. The third kappa shape index (κ3) is 6.72. The molecule has 1 aromatic carbocycles. The van der Waals surface area contributed by atoms with Crippen molar-refractivity contribution in [1.82, 2.24) is 15.5 Å². The molecule has 34 heavy (non-hydrogen) atoms. The highest BCUT2D eigenvalue weighted by molar-refractivity contribution is 5.95. The Bertz CT molecular complexity index is 919. The molecule has 1 aliphatic carbocycles. The van der Waals surface area contributed by atoms with E-state index in [0.717, 1.165) is 74.3 Å². The van der Waals surface area contributed by atoms with Gasteiger partial charge in [0.2, 0.25) is 5.89 Å². The standard InChI is InChI=1S/C26H38N4O4/c1-19-17-22(8-9-23(19)25(32)27-12-4-15-31)33-16-3-7-20-10-13-30(14-11-20)26-28-24(34-29-26)18-21-5-2-6-21/h8-9,17,20-21,31H,2-7,10-16,18H2,1H3,(H,27,32). The van der Waals surface area contributed by atoms with Crippen LogP contribution in [0.1, 0.15) is 73.2 Å². The van der Waals surface area contributed by atoms with Gasteiger partial charge in [0.25, 0.3) is 11.9 Å². The van der Waals surface area contributed by atoms with Crippen molar-refractivity contribution >= 4 is 11.9 Å². The van der Waals surface area contributed by atoms with E-state index in [1.807, 2.05) is 25.1 Å². The van der Waals surface area contributed by atoms with Crippen LogP contribution in [-0.2, 0) is 6.42 Å². The van der Waals surface area contributed by atoms with Gasteiger partial charge < -0.3 is 24.6 Å². The van der Waals surface area contributed by atoms with E-state index in [1.165, 1.54) is 19.3 Å². The van der Waals surface area contributed by atoms with Crippen LogP contribution in [0.2, 0.25) is 0 Å². The monoisotopic (exact) mass is 470 g/mol. The first-order valence-electron chi connectivity index (χ1n) is 12.8. The molecule has 2 heterocycles. The number of ether oxygens (including phenoxy) is 1. The van der Waals surface area contributed by atoms with Gasteiger partial charge in [0.15, 0.2) is 0 Å². The SMILES string of the molecule is Cc1cc(OCCCC2CCN(c3noc(CC4CCC4)n3)CC2)ccc1C(=O)NCCCO. The molecule has 1 aliphatic heterocycles. The van der Waals surface area contributed by atoms with E-state index < -0.39 is 0 Å². The van der Waals surface area contributed by atoms with Crippen molar-refractivity contribution in [3.05, 3.63) is 35.2 Å². The molecule has 8 nitrogen and oxygen atoms in total. The summed E-state index contributed by atoms with van der Waals surface area (Å²) in [7, 11) is 0. The van der Waals surface area contributed by atoms with Gasteiger partial charge in [-0.2, -0.15) is 4.98 Å². The smallest absolute Gasteiger partial charge is 0.266 e. The number of hydrogen-bond acceptors (Lipinski definition) is 7. The maximum Gasteiger partial charge on any atom is 0.266 e. The van der Waals surface area contributed by atoms with Crippen LogP contribution in [-0.4, -0.2) is 54.0 Å². The van der Waals surface area contributed by atoms with E-state index >= 15 is 0 Å². The fourth-order valence-electron chi connectivity index (χ4n) is 4.74. The predicted molar refractivity (Wildman–Crippen MR) is 130 cm³/mol. The first-order chi connectivity index (χ1) is 16.6. The van der Waals surface area contributed by atoms with Gasteiger partial charge in [-0.05, 0) is 92.6 Å². The second-order valence-electron chi connectivity index (χ2n) is 9.72. The maximum atomic E-state index is 12.2. The summed E-state index contributed by atoms with van der Waals surface area (Å²) in [6.07, 6.45) is 9.87. The van der Waals surface area contributed by atoms with Crippen molar-refractivity contribution in [2.45, 2.75) is 64.7 Å². The molecule has 2 aliphatic rings. The van der Waals surface area contributed by atoms with Crippen LogP contribution >= 0.6 is 0 Å². The molecule has 0 spiro atoms. The average molecular weight is 471 g/mol. The second-order valence-corrected chi connectivity index (χ2v) is 9.72. The molecular formula is C26H38N4O4. The van der Waals surface area contributed by atoms with Crippen molar-refractivity contribution in [3.8, 4) is 5.75 Å². The number of rotatable bonds is 12. The number of piperidine rings is 1. The Balaban J connectivity index is 1.13. The number of aliphatic hydroxyl groups is 1. The van der Waals surface area contributed by atoms with Crippen molar-refractivity contribution in [1.29, 1.82) is 0 Å². The summed E-state index contributed by atoms with van der Waals surface area (Å²) in [5.41, 5.74) is 1.54. The third-order valence-corrected chi connectivity index (χ3v) is 7.13.